The van der Waals surface area contributed by atoms with E-state index in [0.717, 1.165) is 5.92 Å². The molecule has 2 aliphatic carbocycles. The first-order valence-electron chi connectivity index (χ1n) is 4.96. The fraction of sp³-hybridized carbons (Fsp3) is 0.909. The lowest BCUT2D eigenvalue weighted by atomic mass is 9.65. The lowest BCUT2D eigenvalue weighted by Gasteiger charge is -2.39. The van der Waals surface area contributed by atoms with Crippen LogP contribution in [0.5, 0.6) is 0 Å². The van der Waals surface area contributed by atoms with Crippen LogP contribution in [-0.2, 0) is 4.79 Å². The zero-order chi connectivity index (χ0) is 8.98. The molecule has 0 amide bonds. The molecule has 2 bridgehead atoms. The van der Waals surface area contributed by atoms with Crippen LogP contribution in [0, 0.1) is 22.7 Å². The number of aldehydes is 1. The maximum atomic E-state index is 11.0. The summed E-state index contributed by atoms with van der Waals surface area (Å²) in [5.41, 5.74) is 0.616. The molecule has 0 heterocycles. The van der Waals surface area contributed by atoms with Crippen molar-refractivity contribution in [3.63, 3.8) is 0 Å². The molecule has 0 aromatic carbocycles. The Morgan fingerprint density at radius 1 is 1.33 bits per heavy atom. The van der Waals surface area contributed by atoms with E-state index >= 15 is 0 Å². The Morgan fingerprint density at radius 2 is 2.00 bits per heavy atom. The normalized spacial score (nSPS) is 49.6. The van der Waals surface area contributed by atoms with E-state index in [-0.39, 0.29) is 5.41 Å². The van der Waals surface area contributed by atoms with Crippen molar-refractivity contribution in [2.45, 2.75) is 40.0 Å². The first-order chi connectivity index (χ1) is 5.50. The fourth-order valence-corrected chi connectivity index (χ4v) is 3.68. The highest BCUT2D eigenvalue weighted by Gasteiger charge is 2.58. The topological polar surface area (TPSA) is 17.1 Å². The second kappa shape index (κ2) is 2.12. The summed E-state index contributed by atoms with van der Waals surface area (Å²) in [4.78, 5) is 11.0. The smallest absolute Gasteiger partial charge is 0.124 e. The highest BCUT2D eigenvalue weighted by Crippen LogP contribution is 2.65. The van der Waals surface area contributed by atoms with Gasteiger partial charge in [-0.25, -0.2) is 0 Å². The van der Waals surface area contributed by atoms with Crippen molar-refractivity contribution in [3.05, 3.63) is 0 Å². The average molecular weight is 166 g/mol. The van der Waals surface area contributed by atoms with Gasteiger partial charge in [-0.15, -0.1) is 0 Å². The Bertz CT molecular complexity index is 214. The van der Waals surface area contributed by atoms with Crippen LogP contribution >= 0.6 is 0 Å². The third-order valence-electron chi connectivity index (χ3n) is 4.52. The minimum absolute atomic E-state index is 0.273. The van der Waals surface area contributed by atoms with Gasteiger partial charge in [0.2, 0.25) is 0 Å². The summed E-state index contributed by atoms with van der Waals surface area (Å²) in [7, 11) is 0. The van der Waals surface area contributed by atoms with E-state index in [1.165, 1.54) is 25.5 Å². The SMILES string of the molecule is CC1(C)C(C=O)[C@@]2(C)CC[C@@H]1C2. The van der Waals surface area contributed by atoms with Crippen LogP contribution in [0.15, 0.2) is 0 Å². The molecule has 68 valence electrons. The molecule has 1 nitrogen and oxygen atoms in total. The maximum Gasteiger partial charge on any atom is 0.124 e. The molecule has 3 atom stereocenters. The zero-order valence-electron chi connectivity index (χ0n) is 8.26. The molecule has 0 aromatic heterocycles. The van der Waals surface area contributed by atoms with Crippen molar-refractivity contribution in [2.24, 2.45) is 22.7 Å². The van der Waals surface area contributed by atoms with Crippen LogP contribution in [0.1, 0.15) is 40.0 Å². The summed E-state index contributed by atoms with van der Waals surface area (Å²) >= 11 is 0. The first-order valence-corrected chi connectivity index (χ1v) is 4.96. The molecular formula is C11H18O. The van der Waals surface area contributed by atoms with E-state index in [1.807, 2.05) is 0 Å². The largest absolute Gasteiger partial charge is 0.303 e. The molecule has 0 aromatic rings. The molecule has 1 unspecified atom stereocenters. The first kappa shape index (κ1) is 8.28. The van der Waals surface area contributed by atoms with Gasteiger partial charge in [0.15, 0.2) is 0 Å². The summed E-state index contributed by atoms with van der Waals surface area (Å²) in [5, 5.41) is 0. The molecule has 0 radical (unpaired) electrons. The quantitative estimate of drug-likeness (QED) is 0.547. The summed E-state index contributed by atoms with van der Waals surface area (Å²) in [6.45, 7) is 6.82. The molecule has 1 heteroatoms. The average Bonchev–Trinajstić information content (AvgIpc) is 2.39. The van der Waals surface area contributed by atoms with Crippen LogP contribution in [-0.4, -0.2) is 6.29 Å². The predicted octanol–water partition coefficient (Wildman–Crippen LogP) is 2.65. The number of hydrogen-bond acceptors (Lipinski definition) is 1. The van der Waals surface area contributed by atoms with E-state index in [2.05, 4.69) is 20.8 Å². The molecule has 0 N–H and O–H groups in total. The van der Waals surface area contributed by atoms with E-state index < -0.39 is 0 Å². The van der Waals surface area contributed by atoms with Crippen LogP contribution in [0.25, 0.3) is 0 Å². The summed E-state index contributed by atoms with van der Waals surface area (Å²) in [6.07, 6.45) is 5.10. The molecule has 12 heavy (non-hydrogen) atoms. The second-order valence-electron chi connectivity index (χ2n) is 5.53. The Kier molecular flexibility index (Phi) is 1.47. The van der Waals surface area contributed by atoms with Crippen molar-refractivity contribution in [2.75, 3.05) is 0 Å². The van der Waals surface area contributed by atoms with Crippen LogP contribution in [0.3, 0.4) is 0 Å². The zero-order valence-corrected chi connectivity index (χ0v) is 8.26. The summed E-state index contributed by atoms with van der Waals surface area (Å²) in [5.74, 6) is 1.11. The second-order valence-corrected chi connectivity index (χ2v) is 5.53. The highest BCUT2D eigenvalue weighted by atomic mass is 16.1. The lowest BCUT2D eigenvalue weighted by molar-refractivity contribution is -0.118. The Balaban J connectivity index is 2.37. The molecule has 2 rings (SSSR count). The fourth-order valence-electron chi connectivity index (χ4n) is 3.68. The van der Waals surface area contributed by atoms with Crippen LogP contribution < -0.4 is 0 Å². The Morgan fingerprint density at radius 3 is 2.33 bits per heavy atom. The Labute approximate surface area is 74.5 Å². The highest BCUT2D eigenvalue weighted by molar-refractivity contribution is 5.58. The lowest BCUT2D eigenvalue weighted by Crippen LogP contribution is -2.36. The van der Waals surface area contributed by atoms with Crippen molar-refractivity contribution in [1.29, 1.82) is 0 Å². The van der Waals surface area contributed by atoms with E-state index in [4.69, 9.17) is 0 Å². The van der Waals surface area contributed by atoms with Crippen molar-refractivity contribution in [1.82, 2.24) is 0 Å². The number of rotatable bonds is 1. The van der Waals surface area contributed by atoms with E-state index in [1.54, 1.807) is 0 Å². The van der Waals surface area contributed by atoms with Crippen molar-refractivity contribution in [3.8, 4) is 0 Å². The van der Waals surface area contributed by atoms with Gasteiger partial charge >= 0.3 is 0 Å². The molecule has 2 fully saturated rings. The van der Waals surface area contributed by atoms with Crippen LogP contribution in [0.4, 0.5) is 0 Å². The van der Waals surface area contributed by atoms with Crippen molar-refractivity contribution < 1.29 is 4.79 Å². The van der Waals surface area contributed by atoms with Gasteiger partial charge in [0.1, 0.15) is 6.29 Å². The van der Waals surface area contributed by atoms with E-state index in [9.17, 15) is 4.79 Å². The van der Waals surface area contributed by atoms with Gasteiger partial charge in [0, 0.05) is 5.92 Å². The van der Waals surface area contributed by atoms with Crippen LogP contribution in [0.2, 0.25) is 0 Å². The van der Waals surface area contributed by atoms with Gasteiger partial charge in [-0.05, 0) is 36.0 Å². The third-order valence-corrected chi connectivity index (χ3v) is 4.52. The summed E-state index contributed by atoms with van der Waals surface area (Å²) in [6, 6.07) is 0. The van der Waals surface area contributed by atoms with Gasteiger partial charge in [0.05, 0.1) is 0 Å². The van der Waals surface area contributed by atoms with Gasteiger partial charge in [0.25, 0.3) is 0 Å². The predicted molar refractivity (Wildman–Crippen MR) is 48.8 cm³/mol. The number of carbonyl (C=O) groups is 1. The third kappa shape index (κ3) is 0.773. The minimum atomic E-state index is 0.273. The Hall–Kier alpha value is -0.330. The van der Waals surface area contributed by atoms with Crippen molar-refractivity contribution >= 4 is 6.29 Å². The van der Waals surface area contributed by atoms with Gasteiger partial charge in [-0.1, -0.05) is 20.8 Å². The molecule has 0 aliphatic heterocycles. The summed E-state index contributed by atoms with van der Waals surface area (Å²) < 4.78 is 0. The minimum Gasteiger partial charge on any atom is -0.303 e. The molecular weight excluding hydrogens is 148 g/mol. The molecule has 2 saturated carbocycles. The standard InChI is InChI=1S/C11H18O/c1-10(2)8-4-5-11(3,6-8)9(10)7-12/h7-9H,4-6H2,1-3H3/t8-,9?,11+/m1/s1. The molecule has 0 saturated heterocycles. The van der Waals surface area contributed by atoms with Gasteiger partial charge in [-0.2, -0.15) is 0 Å². The van der Waals surface area contributed by atoms with Gasteiger partial charge in [-0.3, -0.25) is 0 Å². The van der Waals surface area contributed by atoms with Gasteiger partial charge < -0.3 is 4.79 Å². The number of hydrogen-bond donors (Lipinski definition) is 0. The monoisotopic (exact) mass is 166 g/mol. The number of fused-ring (bicyclic) bond motifs is 2. The maximum absolute atomic E-state index is 11.0. The number of carbonyl (C=O) groups excluding carboxylic acids is 1. The van der Waals surface area contributed by atoms with E-state index in [0.29, 0.717) is 11.3 Å². The molecule has 0 spiro atoms. The molecule has 2 aliphatic rings.